The van der Waals surface area contributed by atoms with Crippen LogP contribution >= 0.6 is 0 Å². The number of hydrogen-bond donors (Lipinski definition) is 0. The highest BCUT2D eigenvalue weighted by atomic mass is 32.2. The second-order valence-corrected chi connectivity index (χ2v) is 9.43. The monoisotopic (exact) mass is 334 g/mol. The van der Waals surface area contributed by atoms with Gasteiger partial charge in [0.1, 0.15) is 0 Å². The van der Waals surface area contributed by atoms with Crippen LogP contribution in [-0.4, -0.2) is 49.8 Å². The molecular formula is C18H26N2O2S. The summed E-state index contributed by atoms with van der Waals surface area (Å²) < 4.78 is 27.2. The van der Waals surface area contributed by atoms with Gasteiger partial charge in [-0.25, -0.2) is 8.42 Å². The highest BCUT2D eigenvalue weighted by Gasteiger charge is 2.43. The molecule has 1 aliphatic heterocycles. The van der Waals surface area contributed by atoms with Crippen LogP contribution in [0.4, 0.5) is 0 Å². The second kappa shape index (κ2) is 5.87. The minimum atomic E-state index is -3.33. The van der Waals surface area contributed by atoms with Crippen molar-refractivity contribution in [1.29, 1.82) is 0 Å². The zero-order valence-corrected chi connectivity index (χ0v) is 14.6. The van der Waals surface area contributed by atoms with Crippen LogP contribution in [0, 0.1) is 18.8 Å². The molecule has 3 aliphatic rings. The van der Waals surface area contributed by atoms with Gasteiger partial charge in [0.2, 0.25) is 10.0 Å². The molecule has 3 fully saturated rings. The van der Waals surface area contributed by atoms with Gasteiger partial charge in [-0.15, -0.1) is 0 Å². The van der Waals surface area contributed by atoms with Crippen LogP contribution < -0.4 is 0 Å². The highest BCUT2D eigenvalue weighted by molar-refractivity contribution is 7.89. The molecule has 0 unspecified atom stereocenters. The molecule has 23 heavy (non-hydrogen) atoms. The van der Waals surface area contributed by atoms with Gasteiger partial charge in [0.15, 0.2) is 0 Å². The molecule has 4 rings (SSSR count). The fourth-order valence-electron chi connectivity index (χ4n) is 4.79. The molecule has 1 aromatic rings. The lowest BCUT2D eigenvalue weighted by atomic mass is 9.93. The third kappa shape index (κ3) is 2.83. The predicted octanol–water partition coefficient (Wildman–Crippen LogP) is 2.49. The van der Waals surface area contributed by atoms with Crippen molar-refractivity contribution in [2.75, 3.05) is 26.2 Å². The summed E-state index contributed by atoms with van der Waals surface area (Å²) in [6.45, 7) is 5.01. The summed E-state index contributed by atoms with van der Waals surface area (Å²) in [5, 5.41) is 0. The van der Waals surface area contributed by atoms with E-state index in [1.807, 2.05) is 19.1 Å². The molecule has 0 radical (unpaired) electrons. The Balaban J connectivity index is 1.42. The van der Waals surface area contributed by atoms with Crippen molar-refractivity contribution >= 4 is 10.0 Å². The Morgan fingerprint density at radius 2 is 1.65 bits per heavy atom. The normalized spacial score (nSPS) is 32.5. The lowest BCUT2D eigenvalue weighted by molar-refractivity contribution is 0.101. The summed E-state index contributed by atoms with van der Waals surface area (Å²) >= 11 is 0. The molecule has 2 bridgehead atoms. The number of fused-ring (bicyclic) bond motifs is 2. The minimum absolute atomic E-state index is 0.427. The van der Waals surface area contributed by atoms with Crippen LogP contribution in [0.2, 0.25) is 0 Å². The van der Waals surface area contributed by atoms with E-state index in [1.54, 1.807) is 16.4 Å². The minimum Gasteiger partial charge on any atom is -0.297 e. The maximum Gasteiger partial charge on any atom is 0.243 e. The van der Waals surface area contributed by atoms with Gasteiger partial charge in [-0.1, -0.05) is 24.1 Å². The van der Waals surface area contributed by atoms with Gasteiger partial charge in [-0.05, 0) is 50.2 Å². The second-order valence-electron chi connectivity index (χ2n) is 7.50. The molecule has 1 aromatic carbocycles. The van der Waals surface area contributed by atoms with Crippen molar-refractivity contribution < 1.29 is 8.42 Å². The molecule has 126 valence electrons. The smallest absolute Gasteiger partial charge is 0.243 e. The predicted molar refractivity (Wildman–Crippen MR) is 90.7 cm³/mol. The van der Waals surface area contributed by atoms with Crippen molar-refractivity contribution in [3.63, 3.8) is 0 Å². The molecule has 0 spiro atoms. The van der Waals surface area contributed by atoms with Gasteiger partial charge in [-0.3, -0.25) is 4.90 Å². The van der Waals surface area contributed by atoms with Crippen molar-refractivity contribution in [2.24, 2.45) is 11.8 Å². The molecule has 3 atom stereocenters. The van der Waals surface area contributed by atoms with Gasteiger partial charge < -0.3 is 0 Å². The lowest BCUT2D eigenvalue weighted by Gasteiger charge is -2.40. The van der Waals surface area contributed by atoms with Gasteiger partial charge in [0, 0.05) is 32.2 Å². The molecule has 5 heteroatoms. The van der Waals surface area contributed by atoms with E-state index in [2.05, 4.69) is 4.90 Å². The zero-order chi connectivity index (χ0) is 16.0. The van der Waals surface area contributed by atoms with Crippen LogP contribution in [0.15, 0.2) is 29.2 Å². The first-order chi connectivity index (χ1) is 11.0. The Morgan fingerprint density at radius 1 is 0.957 bits per heavy atom. The summed E-state index contributed by atoms with van der Waals surface area (Å²) in [4.78, 5) is 2.99. The van der Waals surface area contributed by atoms with Gasteiger partial charge in [0.05, 0.1) is 4.90 Å². The highest BCUT2D eigenvalue weighted by Crippen LogP contribution is 2.46. The number of rotatable bonds is 3. The van der Waals surface area contributed by atoms with Crippen LogP contribution in [0.25, 0.3) is 0 Å². The molecule has 2 aliphatic carbocycles. The fourth-order valence-corrected chi connectivity index (χ4v) is 6.22. The largest absolute Gasteiger partial charge is 0.297 e. The van der Waals surface area contributed by atoms with E-state index in [4.69, 9.17) is 0 Å². The van der Waals surface area contributed by atoms with Crippen molar-refractivity contribution in [3.8, 4) is 0 Å². The number of hydrogen-bond acceptors (Lipinski definition) is 3. The van der Waals surface area contributed by atoms with Crippen molar-refractivity contribution in [3.05, 3.63) is 29.8 Å². The Morgan fingerprint density at radius 3 is 2.22 bits per heavy atom. The number of benzene rings is 1. The number of aryl methyl sites for hydroxylation is 1. The van der Waals surface area contributed by atoms with Crippen molar-refractivity contribution in [1.82, 2.24) is 9.21 Å². The quantitative estimate of drug-likeness (QED) is 0.853. The zero-order valence-electron chi connectivity index (χ0n) is 13.8. The summed E-state index contributed by atoms with van der Waals surface area (Å²) in [5.41, 5.74) is 1.09. The molecule has 2 saturated carbocycles. The molecule has 0 aromatic heterocycles. The Hall–Kier alpha value is -0.910. The summed E-state index contributed by atoms with van der Waals surface area (Å²) in [6, 6.07) is 7.93. The van der Waals surface area contributed by atoms with E-state index in [1.165, 1.54) is 25.7 Å². The number of sulfonamides is 1. The third-order valence-electron chi connectivity index (χ3n) is 6.10. The average molecular weight is 334 g/mol. The molecule has 1 saturated heterocycles. The van der Waals surface area contributed by atoms with Gasteiger partial charge in [-0.2, -0.15) is 4.31 Å². The van der Waals surface area contributed by atoms with Crippen molar-refractivity contribution in [2.45, 2.75) is 43.5 Å². The summed E-state index contributed by atoms with van der Waals surface area (Å²) in [6.07, 6.45) is 5.56. The Bertz CT molecular complexity index is 663. The Kier molecular flexibility index (Phi) is 3.98. The molecule has 0 N–H and O–H groups in total. The Labute approximate surface area is 139 Å². The third-order valence-corrected chi connectivity index (χ3v) is 8.01. The number of nitrogens with zero attached hydrogens (tertiary/aromatic N) is 2. The summed E-state index contributed by atoms with van der Waals surface area (Å²) in [7, 11) is -3.33. The number of piperazine rings is 1. The van der Waals surface area contributed by atoms with Gasteiger partial charge >= 0.3 is 0 Å². The maximum absolute atomic E-state index is 12.8. The lowest BCUT2D eigenvalue weighted by Crippen LogP contribution is -2.53. The molecular weight excluding hydrogens is 308 g/mol. The van der Waals surface area contributed by atoms with Crippen LogP contribution in [0.1, 0.15) is 31.2 Å². The maximum atomic E-state index is 12.8. The topological polar surface area (TPSA) is 40.6 Å². The van der Waals surface area contributed by atoms with E-state index < -0.39 is 10.0 Å². The molecule has 1 heterocycles. The standard InChI is InChI=1S/C18H26N2O2S/c1-14-2-6-17(7-3-14)23(21,22)20-10-8-19(9-11-20)18-13-15-4-5-16(18)12-15/h2-3,6-7,15-16,18H,4-5,8-13H2,1H3/t15-,16-,18+/m0/s1. The van der Waals surface area contributed by atoms with E-state index in [-0.39, 0.29) is 0 Å². The van der Waals surface area contributed by atoms with Crippen LogP contribution in [0.3, 0.4) is 0 Å². The summed E-state index contributed by atoms with van der Waals surface area (Å²) in [5.74, 6) is 1.82. The van der Waals surface area contributed by atoms with E-state index >= 15 is 0 Å². The van der Waals surface area contributed by atoms with Crippen LogP contribution in [-0.2, 0) is 10.0 Å². The fraction of sp³-hybridized carbons (Fsp3) is 0.667. The first-order valence-corrected chi connectivity index (χ1v) is 10.3. The van der Waals surface area contributed by atoms with Crippen LogP contribution in [0.5, 0.6) is 0 Å². The first kappa shape index (κ1) is 15.6. The van der Waals surface area contributed by atoms with E-state index in [0.29, 0.717) is 18.0 Å². The SMILES string of the molecule is Cc1ccc(S(=O)(=O)N2CCN([C@@H]3C[C@H]4CC[C@H]3C4)CC2)cc1. The molecule has 0 amide bonds. The average Bonchev–Trinajstić information content (AvgIpc) is 3.18. The van der Waals surface area contributed by atoms with E-state index in [0.717, 1.165) is 36.5 Å². The van der Waals surface area contributed by atoms with Gasteiger partial charge in [0.25, 0.3) is 0 Å². The molecule has 4 nitrogen and oxygen atoms in total. The van der Waals surface area contributed by atoms with E-state index in [9.17, 15) is 8.42 Å². The first-order valence-electron chi connectivity index (χ1n) is 8.85.